The Balaban J connectivity index is 0. The first kappa shape index (κ1) is 32.7. The van der Waals surface area contributed by atoms with Crippen molar-refractivity contribution in [3.05, 3.63) is 0 Å². The van der Waals surface area contributed by atoms with Gasteiger partial charge in [0.05, 0.1) is 0 Å². The van der Waals surface area contributed by atoms with E-state index in [1.807, 2.05) is 0 Å². The molecule has 31 heavy (non-hydrogen) atoms. The van der Waals surface area contributed by atoms with E-state index in [4.69, 9.17) is 4.74 Å². The fourth-order valence-corrected chi connectivity index (χ4v) is 3.38. The topological polar surface area (TPSA) is 95.5 Å². The summed E-state index contributed by atoms with van der Waals surface area (Å²) < 4.78 is 4.94. The van der Waals surface area contributed by atoms with Gasteiger partial charge in [-0.1, -0.05) is 90.9 Å². The Kier molecular flexibility index (Phi) is 25.6. The number of unbranched alkanes of at least 4 members (excludes halogenated alkanes) is 12. The van der Waals surface area contributed by atoms with E-state index in [-0.39, 0.29) is 48.8 Å². The summed E-state index contributed by atoms with van der Waals surface area (Å²) in [5.41, 5.74) is 0. The number of hydrogen-bond donors (Lipinski definition) is 1. The molecule has 0 aliphatic rings. The molecule has 0 rings (SSSR count). The second kappa shape index (κ2) is 24.2. The van der Waals surface area contributed by atoms with Crippen molar-refractivity contribution in [1.82, 2.24) is 5.32 Å². The van der Waals surface area contributed by atoms with Gasteiger partial charge in [-0.3, -0.25) is 4.79 Å². The molecule has 0 aromatic carbocycles. The Morgan fingerprint density at radius 3 is 1.74 bits per heavy atom. The average molecular weight is 450 g/mol. The third kappa shape index (κ3) is 22.6. The molecule has 0 spiro atoms. The van der Waals surface area contributed by atoms with E-state index in [9.17, 15) is 19.5 Å². The predicted octanol–water partition coefficient (Wildman–Crippen LogP) is 1.44. The first-order valence-electron chi connectivity index (χ1n) is 12.2. The number of carboxylic acids is 1. The summed E-state index contributed by atoms with van der Waals surface area (Å²) in [6.45, 7) is 4.90. The zero-order chi connectivity index (χ0) is 22.5. The molecule has 0 saturated heterocycles. The maximum Gasteiger partial charge on any atom is 1.00 e. The summed E-state index contributed by atoms with van der Waals surface area (Å²) in [6, 6.07) is -0.777. The van der Waals surface area contributed by atoms with Gasteiger partial charge >= 0.3 is 41.5 Å². The molecule has 0 heterocycles. The molecule has 0 radical (unpaired) electrons. The van der Waals surface area contributed by atoms with Crippen molar-refractivity contribution in [3.8, 4) is 0 Å². The van der Waals surface area contributed by atoms with Gasteiger partial charge in [-0.05, 0) is 32.2 Å². The summed E-state index contributed by atoms with van der Waals surface area (Å²) in [5.74, 6) is -2.42. The van der Waals surface area contributed by atoms with Crippen molar-refractivity contribution in [2.24, 2.45) is 0 Å². The number of ether oxygens (including phenoxy) is 1. The van der Waals surface area contributed by atoms with Gasteiger partial charge in [0.15, 0.2) is 0 Å². The van der Waals surface area contributed by atoms with E-state index >= 15 is 0 Å². The van der Waals surface area contributed by atoms with Gasteiger partial charge in [-0.2, -0.15) is 0 Å². The molecule has 0 aliphatic carbocycles. The van der Waals surface area contributed by atoms with Gasteiger partial charge < -0.3 is 20.0 Å². The van der Waals surface area contributed by atoms with E-state index in [0.717, 1.165) is 38.5 Å². The molecule has 0 bridgehead atoms. The molecule has 0 amide bonds. The Bertz CT molecular complexity index is 459. The van der Waals surface area contributed by atoms with Crippen LogP contribution >= 0.6 is 0 Å². The summed E-state index contributed by atoms with van der Waals surface area (Å²) in [6.07, 6.45) is 16.1. The molecule has 1 N–H and O–H groups in total. The van der Waals surface area contributed by atoms with Crippen LogP contribution in [0.5, 0.6) is 0 Å². The monoisotopic (exact) mass is 449 g/mol. The van der Waals surface area contributed by atoms with Crippen LogP contribution in [-0.2, 0) is 19.1 Å². The molecular weight excluding hydrogens is 405 g/mol. The van der Waals surface area contributed by atoms with Gasteiger partial charge in [0.25, 0.3) is 0 Å². The fourth-order valence-electron chi connectivity index (χ4n) is 3.38. The number of aliphatic carboxylic acids is 1. The smallest absolute Gasteiger partial charge is 0.550 e. The standard InChI is InChI=1S/C24H45NO5.Na/c1-3-5-7-8-9-10-11-12-13-14-15-17-23(28)30-24(29)21(18-19-22(26)27)25-20-16-6-4-2;/h21,25H,3-20H2,1-2H3,(H,26,27);/q;+1/p-1/t21-;/m0./s1. The largest absolute Gasteiger partial charge is 1.00 e. The second-order valence-corrected chi connectivity index (χ2v) is 8.20. The predicted molar refractivity (Wildman–Crippen MR) is 118 cm³/mol. The van der Waals surface area contributed by atoms with Gasteiger partial charge in [-0.15, -0.1) is 0 Å². The van der Waals surface area contributed by atoms with Crippen LogP contribution in [0, 0.1) is 0 Å². The molecule has 6 nitrogen and oxygen atoms in total. The van der Waals surface area contributed by atoms with Crippen LogP contribution in [0.25, 0.3) is 0 Å². The Hall–Kier alpha value is -0.430. The molecular formula is C24H44NNaO5. The summed E-state index contributed by atoms with van der Waals surface area (Å²) in [4.78, 5) is 34.8. The first-order chi connectivity index (χ1) is 14.5. The maximum absolute atomic E-state index is 12.2. The molecule has 0 aliphatic heterocycles. The van der Waals surface area contributed by atoms with E-state index in [2.05, 4.69) is 19.2 Å². The van der Waals surface area contributed by atoms with E-state index in [1.165, 1.54) is 51.4 Å². The number of nitrogens with one attached hydrogen (secondary N) is 1. The molecule has 0 saturated carbocycles. The fraction of sp³-hybridized carbons (Fsp3) is 0.875. The van der Waals surface area contributed by atoms with Crippen molar-refractivity contribution < 1.29 is 53.8 Å². The van der Waals surface area contributed by atoms with Crippen molar-refractivity contribution in [2.75, 3.05) is 6.54 Å². The zero-order valence-corrected chi connectivity index (χ0v) is 22.3. The number of carbonyl (C=O) groups excluding carboxylic acids is 3. The van der Waals surface area contributed by atoms with Gasteiger partial charge in [-0.25, -0.2) is 4.79 Å². The SMILES string of the molecule is CCCCCCCCCCCCCC(=O)OC(=O)[C@H](CCC(=O)[O-])NCCCCC.[Na+]. The van der Waals surface area contributed by atoms with Crippen LogP contribution in [-0.4, -0.2) is 30.5 Å². The number of carboxylic acid groups (broad SMARTS) is 1. The third-order valence-corrected chi connectivity index (χ3v) is 5.29. The van der Waals surface area contributed by atoms with Crippen LogP contribution in [0.2, 0.25) is 0 Å². The normalized spacial score (nSPS) is 11.5. The molecule has 1 atom stereocenters. The maximum atomic E-state index is 12.2. The summed E-state index contributed by atoms with van der Waals surface area (Å²) in [5, 5.41) is 13.7. The number of hydrogen-bond acceptors (Lipinski definition) is 6. The number of esters is 2. The molecule has 7 heteroatoms. The van der Waals surface area contributed by atoms with Crippen LogP contribution in [0.1, 0.15) is 123 Å². The quantitative estimate of drug-likeness (QED) is 0.123. The van der Waals surface area contributed by atoms with E-state index in [0.29, 0.717) is 6.54 Å². The van der Waals surface area contributed by atoms with Crippen molar-refractivity contribution >= 4 is 17.9 Å². The van der Waals surface area contributed by atoms with Crippen molar-refractivity contribution in [3.63, 3.8) is 0 Å². The van der Waals surface area contributed by atoms with Crippen molar-refractivity contribution in [1.29, 1.82) is 0 Å². The third-order valence-electron chi connectivity index (χ3n) is 5.29. The zero-order valence-electron chi connectivity index (χ0n) is 20.3. The average Bonchev–Trinajstić information content (AvgIpc) is 2.71. The number of rotatable bonds is 21. The molecule has 0 aromatic rings. The minimum absolute atomic E-state index is 0. The summed E-state index contributed by atoms with van der Waals surface area (Å²) >= 11 is 0. The summed E-state index contributed by atoms with van der Waals surface area (Å²) in [7, 11) is 0. The molecule has 0 unspecified atom stereocenters. The van der Waals surface area contributed by atoms with Crippen LogP contribution in [0.4, 0.5) is 0 Å². The first-order valence-corrected chi connectivity index (χ1v) is 12.2. The van der Waals surface area contributed by atoms with E-state index in [1.54, 1.807) is 0 Å². The Labute approximate surface area is 211 Å². The van der Waals surface area contributed by atoms with Gasteiger partial charge in [0, 0.05) is 12.4 Å². The van der Waals surface area contributed by atoms with Crippen LogP contribution < -0.4 is 40.0 Å². The van der Waals surface area contributed by atoms with Gasteiger partial charge in [0.2, 0.25) is 0 Å². The minimum atomic E-state index is -1.21. The molecule has 0 fully saturated rings. The van der Waals surface area contributed by atoms with Crippen LogP contribution in [0.3, 0.4) is 0 Å². The second-order valence-electron chi connectivity index (χ2n) is 8.20. The molecule has 176 valence electrons. The van der Waals surface area contributed by atoms with Crippen molar-refractivity contribution in [2.45, 2.75) is 129 Å². The molecule has 0 aromatic heterocycles. The van der Waals surface area contributed by atoms with Gasteiger partial charge in [0.1, 0.15) is 6.04 Å². The number of carbonyl (C=O) groups is 3. The minimum Gasteiger partial charge on any atom is -0.550 e. The Morgan fingerprint density at radius 2 is 1.23 bits per heavy atom. The van der Waals surface area contributed by atoms with Crippen LogP contribution in [0.15, 0.2) is 0 Å². The Morgan fingerprint density at radius 1 is 0.742 bits per heavy atom. The van der Waals surface area contributed by atoms with E-state index < -0.39 is 23.9 Å².